The van der Waals surface area contributed by atoms with E-state index in [4.69, 9.17) is 4.74 Å². The molecule has 1 fully saturated rings. The highest BCUT2D eigenvalue weighted by Crippen LogP contribution is 2.25. The van der Waals surface area contributed by atoms with Crippen molar-refractivity contribution in [2.24, 2.45) is 5.92 Å². The quantitative estimate of drug-likeness (QED) is 0.819. The Balaban J connectivity index is 1.70. The van der Waals surface area contributed by atoms with E-state index in [0.717, 1.165) is 5.75 Å². The number of nitrogens with zero attached hydrogens (tertiary/aromatic N) is 1. The van der Waals surface area contributed by atoms with Crippen molar-refractivity contribution in [2.75, 3.05) is 26.2 Å². The van der Waals surface area contributed by atoms with E-state index in [-0.39, 0.29) is 5.41 Å². The van der Waals surface area contributed by atoms with E-state index in [1.165, 1.54) is 5.56 Å². The maximum atomic E-state index is 12.3. The van der Waals surface area contributed by atoms with E-state index >= 15 is 0 Å². The number of benzene rings is 1. The minimum atomic E-state index is -2.18. The molecule has 0 amide bonds. The van der Waals surface area contributed by atoms with Gasteiger partial charge in [0.2, 0.25) is 6.43 Å². The molecule has 1 heterocycles. The van der Waals surface area contributed by atoms with Gasteiger partial charge in [0.1, 0.15) is 12.4 Å². The first-order valence-corrected chi connectivity index (χ1v) is 7.10. The van der Waals surface area contributed by atoms with E-state index in [1.807, 2.05) is 17.0 Å². The number of likely N-dealkylation sites (tertiary alicyclic amines) is 1. The number of hydrogen-bond acceptors (Lipinski definition) is 2. The molecule has 0 spiro atoms. The predicted molar refractivity (Wildman–Crippen MR) is 76.6 cm³/mol. The van der Waals surface area contributed by atoms with Crippen LogP contribution in [0.2, 0.25) is 0 Å². The van der Waals surface area contributed by atoms with E-state index in [1.54, 1.807) is 0 Å². The fourth-order valence-electron chi connectivity index (χ4n) is 2.30. The van der Waals surface area contributed by atoms with Crippen molar-refractivity contribution in [3.8, 4) is 5.75 Å². The molecule has 0 aromatic heterocycles. The zero-order chi connectivity index (χ0) is 14.8. The third-order valence-electron chi connectivity index (χ3n) is 3.74. The molecule has 1 aliphatic rings. The monoisotopic (exact) mass is 283 g/mol. The molecule has 112 valence electrons. The Morgan fingerprint density at radius 1 is 1.20 bits per heavy atom. The van der Waals surface area contributed by atoms with Crippen molar-refractivity contribution in [1.82, 2.24) is 4.90 Å². The van der Waals surface area contributed by atoms with E-state index in [2.05, 4.69) is 32.9 Å². The minimum Gasteiger partial charge on any atom is -0.492 e. The summed E-state index contributed by atoms with van der Waals surface area (Å²) in [6.07, 6.45) is -2.18. The normalized spacial score (nSPS) is 17.3. The number of alkyl halides is 2. The van der Waals surface area contributed by atoms with Crippen LogP contribution in [0.15, 0.2) is 24.3 Å². The molecule has 2 nitrogen and oxygen atoms in total. The van der Waals surface area contributed by atoms with Crippen LogP contribution in [0.4, 0.5) is 8.78 Å². The second-order valence-corrected chi connectivity index (χ2v) is 6.48. The first-order chi connectivity index (χ1) is 9.36. The number of halogens is 2. The summed E-state index contributed by atoms with van der Waals surface area (Å²) in [7, 11) is 0. The first-order valence-electron chi connectivity index (χ1n) is 7.10. The second-order valence-electron chi connectivity index (χ2n) is 6.48. The fourth-order valence-corrected chi connectivity index (χ4v) is 2.30. The van der Waals surface area contributed by atoms with Crippen molar-refractivity contribution < 1.29 is 13.5 Å². The SMILES string of the molecule is CC(C)(C)c1ccc(OCCN2CC(C(F)F)C2)cc1. The van der Waals surface area contributed by atoms with Gasteiger partial charge < -0.3 is 4.74 Å². The third-order valence-corrected chi connectivity index (χ3v) is 3.74. The Bertz CT molecular complexity index is 419. The number of ether oxygens (including phenoxy) is 1. The van der Waals surface area contributed by atoms with Gasteiger partial charge in [-0.1, -0.05) is 32.9 Å². The zero-order valence-electron chi connectivity index (χ0n) is 12.4. The maximum absolute atomic E-state index is 12.3. The van der Waals surface area contributed by atoms with Gasteiger partial charge in [-0.15, -0.1) is 0 Å². The van der Waals surface area contributed by atoms with Crippen LogP contribution in [0.5, 0.6) is 5.75 Å². The fraction of sp³-hybridized carbons (Fsp3) is 0.625. The highest BCUT2D eigenvalue weighted by atomic mass is 19.3. The van der Waals surface area contributed by atoms with Crippen LogP contribution in [0.3, 0.4) is 0 Å². The van der Waals surface area contributed by atoms with Gasteiger partial charge in [-0.2, -0.15) is 0 Å². The van der Waals surface area contributed by atoms with Crippen molar-refractivity contribution in [3.63, 3.8) is 0 Å². The molecule has 0 atom stereocenters. The average molecular weight is 283 g/mol. The molecule has 0 unspecified atom stereocenters. The highest BCUT2D eigenvalue weighted by Gasteiger charge is 2.33. The van der Waals surface area contributed by atoms with Crippen LogP contribution in [-0.4, -0.2) is 37.6 Å². The Kier molecular flexibility index (Phi) is 4.63. The van der Waals surface area contributed by atoms with E-state index < -0.39 is 12.3 Å². The van der Waals surface area contributed by atoms with Crippen molar-refractivity contribution in [3.05, 3.63) is 29.8 Å². The molecule has 1 aromatic carbocycles. The molecule has 1 aliphatic heterocycles. The molecule has 0 N–H and O–H groups in total. The summed E-state index contributed by atoms with van der Waals surface area (Å²) in [5.41, 5.74) is 1.41. The summed E-state index contributed by atoms with van der Waals surface area (Å²) in [4.78, 5) is 2.00. The maximum Gasteiger partial charge on any atom is 0.243 e. The lowest BCUT2D eigenvalue weighted by Crippen LogP contribution is -2.51. The second kappa shape index (κ2) is 6.08. The van der Waals surface area contributed by atoms with Gasteiger partial charge in [-0.25, -0.2) is 8.78 Å². The molecule has 0 aliphatic carbocycles. The molecular weight excluding hydrogens is 260 g/mol. The zero-order valence-corrected chi connectivity index (χ0v) is 12.4. The Labute approximate surface area is 119 Å². The van der Waals surface area contributed by atoms with Gasteiger partial charge >= 0.3 is 0 Å². The highest BCUT2D eigenvalue weighted by molar-refractivity contribution is 5.31. The minimum absolute atomic E-state index is 0.139. The number of hydrogen-bond donors (Lipinski definition) is 0. The third kappa shape index (κ3) is 3.92. The van der Waals surface area contributed by atoms with Gasteiger partial charge in [0.15, 0.2) is 0 Å². The smallest absolute Gasteiger partial charge is 0.243 e. The lowest BCUT2D eigenvalue weighted by molar-refractivity contribution is -0.0280. The van der Waals surface area contributed by atoms with Gasteiger partial charge in [0.25, 0.3) is 0 Å². The predicted octanol–water partition coefficient (Wildman–Crippen LogP) is 3.56. The Morgan fingerprint density at radius 3 is 2.30 bits per heavy atom. The average Bonchev–Trinajstić information content (AvgIpc) is 2.31. The molecule has 0 bridgehead atoms. The van der Waals surface area contributed by atoms with Crippen molar-refractivity contribution in [1.29, 1.82) is 0 Å². The van der Waals surface area contributed by atoms with Gasteiger partial charge in [0.05, 0.1) is 0 Å². The molecule has 0 radical (unpaired) electrons. The van der Waals surface area contributed by atoms with Gasteiger partial charge in [-0.05, 0) is 23.1 Å². The summed E-state index contributed by atoms with van der Waals surface area (Å²) in [6.45, 7) is 8.76. The lowest BCUT2D eigenvalue weighted by Gasteiger charge is -2.38. The molecular formula is C16H23F2NO. The Hall–Kier alpha value is -1.16. The summed E-state index contributed by atoms with van der Waals surface area (Å²) >= 11 is 0. The van der Waals surface area contributed by atoms with E-state index in [9.17, 15) is 8.78 Å². The van der Waals surface area contributed by atoms with Crippen LogP contribution in [0.1, 0.15) is 26.3 Å². The topological polar surface area (TPSA) is 12.5 Å². The van der Waals surface area contributed by atoms with Crippen LogP contribution in [0.25, 0.3) is 0 Å². The first kappa shape index (κ1) is 15.2. The summed E-state index contributed by atoms with van der Waals surface area (Å²) in [5, 5.41) is 0. The standard InChI is InChI=1S/C16H23F2NO/c1-16(2,3)13-4-6-14(7-5-13)20-9-8-19-10-12(11-19)15(17)18/h4-7,12,15H,8-11H2,1-3H3. The van der Waals surface area contributed by atoms with E-state index in [0.29, 0.717) is 26.2 Å². The van der Waals surface area contributed by atoms with Crippen LogP contribution < -0.4 is 4.74 Å². The molecule has 2 rings (SSSR count). The Morgan fingerprint density at radius 2 is 1.80 bits per heavy atom. The van der Waals surface area contributed by atoms with Crippen LogP contribution >= 0.6 is 0 Å². The molecule has 4 heteroatoms. The van der Waals surface area contributed by atoms with Crippen LogP contribution in [0, 0.1) is 5.92 Å². The molecule has 20 heavy (non-hydrogen) atoms. The molecule has 0 saturated carbocycles. The van der Waals surface area contributed by atoms with Gasteiger partial charge in [-0.3, -0.25) is 4.90 Å². The summed E-state index contributed by atoms with van der Waals surface area (Å²) in [5.74, 6) is 0.394. The van der Waals surface area contributed by atoms with Crippen molar-refractivity contribution in [2.45, 2.75) is 32.6 Å². The molecule has 1 aromatic rings. The summed E-state index contributed by atoms with van der Waals surface area (Å²) < 4.78 is 30.3. The number of rotatable bonds is 5. The largest absolute Gasteiger partial charge is 0.492 e. The summed E-state index contributed by atoms with van der Waals surface area (Å²) in [6, 6.07) is 8.09. The lowest BCUT2D eigenvalue weighted by atomic mass is 9.87. The van der Waals surface area contributed by atoms with Crippen LogP contribution in [-0.2, 0) is 5.41 Å². The van der Waals surface area contributed by atoms with Gasteiger partial charge in [0, 0.05) is 25.6 Å². The van der Waals surface area contributed by atoms with Crippen molar-refractivity contribution >= 4 is 0 Å². The molecule has 1 saturated heterocycles.